The van der Waals surface area contributed by atoms with Gasteiger partial charge in [0.05, 0.1) is 7.11 Å². The molecular formula is C31H38N4O2. The summed E-state index contributed by atoms with van der Waals surface area (Å²) in [5.41, 5.74) is 3.37. The number of hydrogen-bond donors (Lipinski definition) is 1. The van der Waals surface area contributed by atoms with E-state index >= 15 is 0 Å². The smallest absolute Gasteiger partial charge is 0.270 e. The number of aromatic nitrogens is 1. The van der Waals surface area contributed by atoms with Crippen molar-refractivity contribution in [3.63, 3.8) is 0 Å². The number of amides is 1. The van der Waals surface area contributed by atoms with Crippen molar-refractivity contribution in [2.24, 2.45) is 5.92 Å². The number of ether oxygens (including phenoxy) is 1. The first-order valence-electron chi connectivity index (χ1n) is 14.0. The summed E-state index contributed by atoms with van der Waals surface area (Å²) in [6.07, 6.45) is 9.99. The number of methoxy groups -OCH3 is 1. The number of nitrogens with zero attached hydrogens (tertiary/aromatic N) is 3. The van der Waals surface area contributed by atoms with Gasteiger partial charge in [-0.15, -0.1) is 0 Å². The second-order valence-electron chi connectivity index (χ2n) is 11.1. The molecule has 0 radical (unpaired) electrons. The molecule has 1 amide bonds. The van der Waals surface area contributed by atoms with E-state index in [-0.39, 0.29) is 11.9 Å². The Labute approximate surface area is 220 Å². The first kappa shape index (κ1) is 24.2. The van der Waals surface area contributed by atoms with Crippen LogP contribution in [-0.2, 0) is 6.42 Å². The van der Waals surface area contributed by atoms with Crippen LogP contribution in [0.25, 0.3) is 10.8 Å². The SMILES string of the molecule is COc1ccc2c(c1)CCC1CN(CCC3CCC(NC(=O)c4cc5ccccc5cn4)CC3)CCN21. The largest absolute Gasteiger partial charge is 0.497 e. The molecule has 1 N–H and O–H groups in total. The summed E-state index contributed by atoms with van der Waals surface area (Å²) in [5, 5.41) is 5.37. The van der Waals surface area contributed by atoms with E-state index in [2.05, 4.69) is 38.3 Å². The van der Waals surface area contributed by atoms with Crippen LogP contribution in [-0.4, -0.2) is 61.2 Å². The molecule has 1 saturated heterocycles. The first-order chi connectivity index (χ1) is 18.2. The van der Waals surface area contributed by atoms with Crippen LogP contribution in [0.4, 0.5) is 5.69 Å². The Morgan fingerprint density at radius 3 is 2.70 bits per heavy atom. The monoisotopic (exact) mass is 498 g/mol. The summed E-state index contributed by atoms with van der Waals surface area (Å²) >= 11 is 0. The first-order valence-corrected chi connectivity index (χ1v) is 14.0. The Morgan fingerprint density at radius 1 is 1.03 bits per heavy atom. The summed E-state index contributed by atoms with van der Waals surface area (Å²) < 4.78 is 5.43. The fourth-order valence-electron chi connectivity index (χ4n) is 6.61. The molecule has 1 aliphatic carbocycles. The van der Waals surface area contributed by atoms with Crippen LogP contribution in [0.2, 0.25) is 0 Å². The van der Waals surface area contributed by atoms with Gasteiger partial charge in [0, 0.05) is 49.0 Å². The molecule has 1 aromatic heterocycles. The number of carbonyl (C=O) groups excluding carboxylic acids is 1. The number of benzene rings is 2. The van der Waals surface area contributed by atoms with Crippen molar-refractivity contribution in [2.45, 2.75) is 57.0 Å². The average Bonchev–Trinajstić information content (AvgIpc) is 2.96. The quantitative estimate of drug-likeness (QED) is 0.515. The lowest BCUT2D eigenvalue weighted by Crippen LogP contribution is -2.55. The molecule has 3 aromatic rings. The molecule has 1 atom stereocenters. The fourth-order valence-corrected chi connectivity index (χ4v) is 6.61. The highest BCUT2D eigenvalue weighted by atomic mass is 16.5. The molecule has 1 unspecified atom stereocenters. The minimum absolute atomic E-state index is 0.0421. The lowest BCUT2D eigenvalue weighted by Gasteiger charge is -2.46. The van der Waals surface area contributed by atoms with E-state index in [1.54, 1.807) is 13.3 Å². The molecule has 6 nitrogen and oxygen atoms in total. The molecule has 2 fully saturated rings. The number of pyridine rings is 1. The molecule has 2 aliphatic heterocycles. The van der Waals surface area contributed by atoms with Crippen molar-refractivity contribution in [2.75, 3.05) is 38.2 Å². The second-order valence-corrected chi connectivity index (χ2v) is 11.1. The van der Waals surface area contributed by atoms with E-state index in [0.29, 0.717) is 11.7 Å². The van der Waals surface area contributed by atoms with Gasteiger partial charge in [-0.05, 0) is 92.6 Å². The third kappa shape index (κ3) is 5.30. The number of fused-ring (bicyclic) bond motifs is 4. The van der Waals surface area contributed by atoms with Crippen molar-refractivity contribution >= 4 is 22.4 Å². The maximum Gasteiger partial charge on any atom is 0.270 e. The summed E-state index contributed by atoms with van der Waals surface area (Å²) in [5.74, 6) is 1.69. The molecule has 37 heavy (non-hydrogen) atoms. The summed E-state index contributed by atoms with van der Waals surface area (Å²) in [6.45, 7) is 4.63. The van der Waals surface area contributed by atoms with E-state index in [1.165, 1.54) is 50.0 Å². The lowest BCUT2D eigenvalue weighted by atomic mass is 9.84. The zero-order chi connectivity index (χ0) is 25.2. The number of rotatable bonds is 6. The fraction of sp³-hybridized carbons (Fsp3) is 0.484. The molecule has 6 rings (SSSR count). The number of piperazine rings is 1. The van der Waals surface area contributed by atoms with E-state index < -0.39 is 0 Å². The van der Waals surface area contributed by atoms with Crippen molar-refractivity contribution in [3.8, 4) is 5.75 Å². The lowest BCUT2D eigenvalue weighted by molar-refractivity contribution is 0.0914. The van der Waals surface area contributed by atoms with E-state index in [4.69, 9.17) is 4.74 Å². The van der Waals surface area contributed by atoms with E-state index in [9.17, 15) is 4.79 Å². The molecule has 3 heterocycles. The van der Waals surface area contributed by atoms with Gasteiger partial charge in [0.1, 0.15) is 11.4 Å². The number of carbonyl (C=O) groups is 1. The standard InChI is InChI=1S/C31H38N4O2/c1-37-28-12-13-30-24(18-28)8-11-27-21-34(16-17-35(27)30)15-14-22-6-9-26(10-7-22)33-31(36)29-19-23-4-2-3-5-25(23)20-32-29/h2-5,12-13,18-20,22,26-27H,6-11,14-17,21H2,1H3,(H,33,36). The summed E-state index contributed by atoms with van der Waals surface area (Å²) in [4.78, 5) is 22.5. The van der Waals surface area contributed by atoms with Crippen LogP contribution in [0.15, 0.2) is 54.7 Å². The van der Waals surface area contributed by atoms with Crippen LogP contribution < -0.4 is 15.0 Å². The Balaban J connectivity index is 0.950. The van der Waals surface area contributed by atoms with E-state index in [1.807, 2.05) is 30.3 Å². The van der Waals surface area contributed by atoms with Gasteiger partial charge in [0.15, 0.2) is 0 Å². The van der Waals surface area contributed by atoms with Gasteiger partial charge in [0.2, 0.25) is 0 Å². The highest BCUT2D eigenvalue weighted by molar-refractivity contribution is 5.96. The highest BCUT2D eigenvalue weighted by Gasteiger charge is 2.32. The predicted octanol–water partition coefficient (Wildman–Crippen LogP) is 5.06. The topological polar surface area (TPSA) is 57.7 Å². The molecule has 194 valence electrons. The van der Waals surface area contributed by atoms with Crippen molar-refractivity contribution < 1.29 is 9.53 Å². The Kier molecular flexibility index (Phi) is 7.01. The minimum atomic E-state index is -0.0421. The maximum absolute atomic E-state index is 12.8. The predicted molar refractivity (Wildman–Crippen MR) is 148 cm³/mol. The second kappa shape index (κ2) is 10.7. The van der Waals surface area contributed by atoms with E-state index in [0.717, 1.165) is 54.8 Å². The van der Waals surface area contributed by atoms with Gasteiger partial charge < -0.3 is 15.0 Å². The molecule has 6 heteroatoms. The zero-order valence-electron chi connectivity index (χ0n) is 21.9. The van der Waals surface area contributed by atoms with Gasteiger partial charge in [0.25, 0.3) is 5.91 Å². The van der Waals surface area contributed by atoms with Gasteiger partial charge in [-0.1, -0.05) is 24.3 Å². The van der Waals surface area contributed by atoms with Crippen molar-refractivity contribution in [1.29, 1.82) is 0 Å². The van der Waals surface area contributed by atoms with Crippen molar-refractivity contribution in [3.05, 3.63) is 66.0 Å². The van der Waals surface area contributed by atoms with Crippen LogP contribution in [0.5, 0.6) is 5.75 Å². The van der Waals surface area contributed by atoms with Gasteiger partial charge in [-0.3, -0.25) is 14.7 Å². The number of nitrogens with one attached hydrogen (secondary N) is 1. The van der Waals surface area contributed by atoms with Crippen LogP contribution >= 0.6 is 0 Å². The summed E-state index contributed by atoms with van der Waals surface area (Å²) in [6, 6.07) is 17.4. The minimum Gasteiger partial charge on any atom is -0.497 e. The molecule has 3 aliphatic rings. The Bertz CT molecular complexity index is 1250. The number of aryl methyl sites for hydroxylation is 1. The molecule has 0 spiro atoms. The van der Waals surface area contributed by atoms with Crippen LogP contribution in [0.3, 0.4) is 0 Å². The number of anilines is 1. The van der Waals surface area contributed by atoms with Crippen molar-refractivity contribution in [1.82, 2.24) is 15.2 Å². The zero-order valence-corrected chi connectivity index (χ0v) is 21.9. The maximum atomic E-state index is 12.8. The third-order valence-corrected chi connectivity index (χ3v) is 8.81. The highest BCUT2D eigenvalue weighted by Crippen LogP contribution is 2.35. The van der Waals surface area contributed by atoms with Gasteiger partial charge in [-0.2, -0.15) is 0 Å². The Morgan fingerprint density at radius 2 is 1.86 bits per heavy atom. The molecule has 2 aromatic carbocycles. The van der Waals surface area contributed by atoms with Crippen LogP contribution in [0, 0.1) is 5.92 Å². The molecule has 1 saturated carbocycles. The normalized spacial score (nSPS) is 23.8. The summed E-state index contributed by atoms with van der Waals surface area (Å²) in [7, 11) is 1.75. The molecular weight excluding hydrogens is 460 g/mol. The number of hydrogen-bond acceptors (Lipinski definition) is 5. The average molecular weight is 499 g/mol. The van der Waals surface area contributed by atoms with Gasteiger partial charge >= 0.3 is 0 Å². The van der Waals surface area contributed by atoms with Gasteiger partial charge in [-0.25, -0.2) is 0 Å². The Hall–Kier alpha value is -3.12. The third-order valence-electron chi connectivity index (χ3n) is 8.81. The van der Waals surface area contributed by atoms with Crippen LogP contribution in [0.1, 0.15) is 54.6 Å². The molecule has 0 bridgehead atoms.